The van der Waals surface area contributed by atoms with Crippen molar-refractivity contribution in [2.75, 3.05) is 26.8 Å². The molecule has 228 valence electrons. The second kappa shape index (κ2) is 11.7. The molecule has 4 unspecified atom stereocenters. The van der Waals surface area contributed by atoms with Gasteiger partial charge < -0.3 is 35.0 Å². The van der Waals surface area contributed by atoms with E-state index in [0.717, 1.165) is 19.3 Å². The maximum atomic E-state index is 13.9. The largest absolute Gasteiger partial charge is 0.493 e. The van der Waals surface area contributed by atoms with Crippen LogP contribution in [0.1, 0.15) is 68.4 Å². The topological polar surface area (TPSA) is 129 Å². The summed E-state index contributed by atoms with van der Waals surface area (Å²) in [5, 5.41) is 34.1. The highest BCUT2D eigenvalue weighted by molar-refractivity contribution is 5.96. The molecule has 4 fully saturated rings. The molecule has 42 heavy (non-hydrogen) atoms. The lowest BCUT2D eigenvalue weighted by atomic mass is 9.49. The lowest BCUT2D eigenvalue weighted by molar-refractivity contribution is -0.145. The Morgan fingerprint density at radius 1 is 1.17 bits per heavy atom. The van der Waals surface area contributed by atoms with Crippen LogP contribution in [0.5, 0.6) is 11.5 Å². The monoisotopic (exact) mass is 580 g/mol. The minimum Gasteiger partial charge on any atom is -0.493 e. The van der Waals surface area contributed by atoms with Gasteiger partial charge in [0.1, 0.15) is 12.2 Å². The first kappa shape index (κ1) is 29.2. The van der Waals surface area contributed by atoms with Gasteiger partial charge in [-0.2, -0.15) is 0 Å². The van der Waals surface area contributed by atoms with Gasteiger partial charge in [0, 0.05) is 30.6 Å². The number of aliphatic hydroxyl groups is 3. The molecule has 5 aliphatic carbocycles. The zero-order valence-electron chi connectivity index (χ0n) is 24.5. The van der Waals surface area contributed by atoms with Gasteiger partial charge in [0.05, 0.1) is 32.3 Å². The molecule has 1 aliphatic heterocycles. The highest BCUT2D eigenvalue weighted by atomic mass is 16.5. The third-order valence-corrected chi connectivity index (χ3v) is 10.4. The highest BCUT2D eigenvalue weighted by Crippen LogP contribution is 2.60. The predicted octanol–water partition coefficient (Wildman–Crippen LogP) is 2.82. The van der Waals surface area contributed by atoms with Crippen molar-refractivity contribution >= 4 is 11.8 Å². The van der Waals surface area contributed by atoms with Gasteiger partial charge in [-0.1, -0.05) is 6.08 Å². The molecule has 2 amide bonds. The Hall–Kier alpha value is -2.88. The number of nitrogens with zero attached hydrogens (tertiary/aromatic N) is 1. The number of nitrogens with one attached hydrogen (secondary N) is 1. The molecule has 1 heterocycles. The van der Waals surface area contributed by atoms with E-state index in [0.29, 0.717) is 58.9 Å². The van der Waals surface area contributed by atoms with E-state index in [1.807, 2.05) is 4.90 Å². The van der Waals surface area contributed by atoms with Gasteiger partial charge in [0.25, 0.3) is 0 Å². The lowest BCUT2D eigenvalue weighted by Gasteiger charge is -2.58. The van der Waals surface area contributed by atoms with Crippen LogP contribution in [0.15, 0.2) is 36.4 Å². The highest BCUT2D eigenvalue weighted by Gasteiger charge is 2.55. The molecule has 4 bridgehead atoms. The van der Waals surface area contributed by atoms with Crippen molar-refractivity contribution in [1.29, 1.82) is 0 Å². The van der Waals surface area contributed by atoms with Crippen LogP contribution in [0.25, 0.3) is 0 Å². The van der Waals surface area contributed by atoms with Crippen molar-refractivity contribution in [3.8, 4) is 11.5 Å². The molecule has 1 aromatic rings. The number of hydrogen-bond acceptors (Lipinski definition) is 7. The van der Waals surface area contributed by atoms with E-state index in [-0.39, 0.29) is 43.4 Å². The third kappa shape index (κ3) is 5.13. The van der Waals surface area contributed by atoms with Crippen molar-refractivity contribution < 1.29 is 34.4 Å². The zero-order chi connectivity index (χ0) is 29.6. The van der Waals surface area contributed by atoms with Crippen molar-refractivity contribution in [2.24, 2.45) is 23.2 Å². The van der Waals surface area contributed by atoms with Gasteiger partial charge in [-0.3, -0.25) is 9.59 Å². The maximum Gasteiger partial charge on any atom is 0.247 e. The molecule has 0 saturated heterocycles. The summed E-state index contributed by atoms with van der Waals surface area (Å²) in [7, 11) is 1.51. The molecule has 7 rings (SSSR count). The van der Waals surface area contributed by atoms with E-state index in [4.69, 9.17) is 9.47 Å². The molecule has 6 aliphatic rings. The number of ether oxygens (including phenoxy) is 2. The Morgan fingerprint density at radius 3 is 2.45 bits per heavy atom. The van der Waals surface area contributed by atoms with E-state index in [2.05, 4.69) is 11.9 Å². The Labute approximate surface area is 247 Å². The number of carbonyl (C=O) groups is 2. The van der Waals surface area contributed by atoms with Crippen molar-refractivity contribution in [1.82, 2.24) is 10.2 Å². The number of rotatable bonds is 11. The lowest BCUT2D eigenvalue weighted by Crippen LogP contribution is -2.59. The first-order chi connectivity index (χ1) is 20.3. The number of methoxy groups -OCH3 is 1. The Balaban J connectivity index is 1.40. The molecule has 0 spiro atoms. The van der Waals surface area contributed by atoms with Crippen LogP contribution in [-0.2, 0) is 16.2 Å². The second-order valence-corrected chi connectivity index (χ2v) is 13.3. The van der Waals surface area contributed by atoms with Gasteiger partial charge in [0.15, 0.2) is 11.5 Å². The fourth-order valence-corrected chi connectivity index (χ4v) is 9.19. The molecule has 1 aromatic carbocycles. The first-order valence-corrected chi connectivity index (χ1v) is 15.5. The summed E-state index contributed by atoms with van der Waals surface area (Å²) in [4.78, 5) is 29.4. The third-order valence-electron chi connectivity index (χ3n) is 10.4. The standard InChI is InChI=1S/C33H44N2O7/c1-3-4-5-27(38)35(18-33-14-19-8-20(15-33)10-21(9-19)16-33)25-13-24(32(40)34-6-7-36)28-23-11-22(17-37)12-26(41-2)30(23)42-31(28)29(25)39/h3,11-13,19-21,25,28-29,31,36-37,39H,1,4-10,14-18H2,2H3,(H,34,40). The quantitative estimate of drug-likeness (QED) is 0.296. The van der Waals surface area contributed by atoms with Crippen molar-refractivity contribution in [3.63, 3.8) is 0 Å². The second-order valence-electron chi connectivity index (χ2n) is 13.3. The fourth-order valence-electron chi connectivity index (χ4n) is 9.19. The van der Waals surface area contributed by atoms with Gasteiger partial charge in [0.2, 0.25) is 11.8 Å². The van der Waals surface area contributed by atoms with E-state index < -0.39 is 24.2 Å². The fraction of sp³-hybridized carbons (Fsp3) is 0.636. The number of carbonyl (C=O) groups excluding carboxylic acids is 2. The summed E-state index contributed by atoms with van der Waals surface area (Å²) in [6.45, 7) is 3.99. The molecule has 9 nitrogen and oxygen atoms in total. The first-order valence-electron chi connectivity index (χ1n) is 15.5. The van der Waals surface area contributed by atoms with Gasteiger partial charge >= 0.3 is 0 Å². The molecule has 0 radical (unpaired) electrons. The predicted molar refractivity (Wildman–Crippen MR) is 156 cm³/mol. The molecule has 0 aromatic heterocycles. The van der Waals surface area contributed by atoms with Crippen LogP contribution in [0.3, 0.4) is 0 Å². The average molecular weight is 581 g/mol. The Kier molecular flexibility index (Phi) is 8.11. The maximum absolute atomic E-state index is 13.9. The molecule has 4 N–H and O–H groups in total. The van der Waals surface area contributed by atoms with Gasteiger partial charge in [-0.15, -0.1) is 6.58 Å². The number of fused-ring (bicyclic) bond motifs is 3. The smallest absolute Gasteiger partial charge is 0.247 e. The SMILES string of the molecule is C=CCCC(=O)N(CC12CC3CC(CC(C3)C1)C2)C1C=C(C(=O)NCCO)C2c3cc(CO)cc(OC)c3OC2C1O. The number of benzene rings is 1. The number of hydrogen-bond donors (Lipinski definition) is 4. The van der Waals surface area contributed by atoms with Crippen LogP contribution in [0.2, 0.25) is 0 Å². The van der Waals surface area contributed by atoms with E-state index in [1.165, 1.54) is 26.4 Å². The summed E-state index contributed by atoms with van der Waals surface area (Å²) < 4.78 is 12.0. The van der Waals surface area contributed by atoms with Crippen LogP contribution < -0.4 is 14.8 Å². The van der Waals surface area contributed by atoms with Crippen LogP contribution in [0, 0.1) is 23.2 Å². The minimum absolute atomic E-state index is 0.0288. The molecular weight excluding hydrogens is 536 g/mol. The molecular formula is C33H44N2O7. The van der Waals surface area contributed by atoms with E-state index in [9.17, 15) is 24.9 Å². The number of allylic oxidation sites excluding steroid dienone is 1. The van der Waals surface area contributed by atoms with Crippen LogP contribution in [-0.4, -0.2) is 77.1 Å². The van der Waals surface area contributed by atoms with Crippen LogP contribution in [0.4, 0.5) is 0 Å². The molecule has 9 heteroatoms. The summed E-state index contributed by atoms with van der Waals surface area (Å²) >= 11 is 0. The van der Waals surface area contributed by atoms with Gasteiger partial charge in [-0.05, 0) is 91.9 Å². The number of aliphatic hydroxyl groups excluding tert-OH is 3. The van der Waals surface area contributed by atoms with Crippen molar-refractivity contribution in [2.45, 2.75) is 82.1 Å². The number of amides is 2. The Bertz CT molecular complexity index is 1220. The summed E-state index contributed by atoms with van der Waals surface area (Å²) in [5.74, 6) is 1.89. The normalized spacial score (nSPS) is 33.7. The van der Waals surface area contributed by atoms with E-state index >= 15 is 0 Å². The summed E-state index contributed by atoms with van der Waals surface area (Å²) in [5.41, 5.74) is 1.66. The van der Waals surface area contributed by atoms with Gasteiger partial charge in [-0.25, -0.2) is 0 Å². The van der Waals surface area contributed by atoms with Crippen LogP contribution >= 0.6 is 0 Å². The molecule has 4 saturated carbocycles. The zero-order valence-corrected chi connectivity index (χ0v) is 24.5. The average Bonchev–Trinajstić information content (AvgIpc) is 3.36. The van der Waals surface area contributed by atoms with Crippen molar-refractivity contribution in [3.05, 3.63) is 47.6 Å². The minimum atomic E-state index is -1.10. The summed E-state index contributed by atoms with van der Waals surface area (Å²) in [6, 6.07) is 2.71. The van der Waals surface area contributed by atoms with E-state index in [1.54, 1.807) is 24.3 Å². The Morgan fingerprint density at radius 2 is 1.86 bits per heavy atom. The molecule has 4 atom stereocenters. The summed E-state index contributed by atoms with van der Waals surface area (Å²) in [6.07, 6.45) is 9.56.